The lowest BCUT2D eigenvalue weighted by molar-refractivity contribution is -0.0935. The predicted octanol–water partition coefficient (Wildman–Crippen LogP) is 3.03. The Kier molecular flexibility index (Phi) is 6.99. The molecule has 0 amide bonds. The number of aryl methyl sites for hydroxylation is 1. The maximum atomic E-state index is 12.8. The van der Waals surface area contributed by atoms with Gasteiger partial charge < -0.3 is 20.5 Å². The van der Waals surface area contributed by atoms with Crippen molar-refractivity contribution in [2.24, 2.45) is 0 Å². The highest BCUT2D eigenvalue weighted by molar-refractivity contribution is 5.69. The quantitative estimate of drug-likeness (QED) is 0.663. The second kappa shape index (κ2) is 9.48. The van der Waals surface area contributed by atoms with E-state index in [1.54, 1.807) is 16.7 Å². The van der Waals surface area contributed by atoms with E-state index < -0.39 is 11.7 Å². The third-order valence-corrected chi connectivity index (χ3v) is 4.99. The topological polar surface area (TPSA) is 88.9 Å². The number of alkyl halides is 3. The van der Waals surface area contributed by atoms with Crippen LogP contribution in [0.5, 0.6) is 0 Å². The average molecular weight is 425 g/mol. The van der Waals surface area contributed by atoms with Gasteiger partial charge in [-0.1, -0.05) is 25.2 Å². The summed E-state index contributed by atoms with van der Waals surface area (Å²) in [6, 6.07) is 1.76. The molecule has 1 fully saturated rings. The van der Waals surface area contributed by atoms with Gasteiger partial charge in [-0.2, -0.15) is 13.2 Å². The Balaban J connectivity index is 1.82. The number of anilines is 2. The molecule has 0 radical (unpaired) electrons. The summed E-state index contributed by atoms with van der Waals surface area (Å²) in [5, 5.41) is 14.4. The lowest BCUT2D eigenvalue weighted by Crippen LogP contribution is -2.37. The standard InChI is InChI=1S/C20H26F3N5O2/c1-2-14(20(21,22)23)6-4-3-5-7-17-16(13-29)25-19-15(24)12-18(26-28(17)19)27-8-10-30-11-9-27/h3-4,6,12,29H,2,5,7-11,13,24H2,1H3/b4-3-,14-6+. The minimum absolute atomic E-state index is 0.0801. The molecule has 30 heavy (non-hydrogen) atoms. The third kappa shape index (κ3) is 4.93. The fourth-order valence-electron chi connectivity index (χ4n) is 3.36. The highest BCUT2D eigenvalue weighted by Gasteiger charge is 2.31. The number of morpholine rings is 1. The molecule has 164 valence electrons. The van der Waals surface area contributed by atoms with Gasteiger partial charge in [0.1, 0.15) is 0 Å². The van der Waals surface area contributed by atoms with Crippen LogP contribution < -0.4 is 10.6 Å². The van der Waals surface area contributed by atoms with Crippen molar-refractivity contribution in [2.75, 3.05) is 36.9 Å². The Labute approximate surface area is 172 Å². The van der Waals surface area contributed by atoms with E-state index in [1.165, 1.54) is 13.0 Å². The molecule has 1 saturated heterocycles. The van der Waals surface area contributed by atoms with Gasteiger partial charge >= 0.3 is 6.18 Å². The summed E-state index contributed by atoms with van der Waals surface area (Å²) >= 11 is 0. The monoisotopic (exact) mass is 425 g/mol. The molecule has 0 spiro atoms. The van der Waals surface area contributed by atoms with E-state index >= 15 is 0 Å². The summed E-state index contributed by atoms with van der Waals surface area (Å²) < 4.78 is 45.3. The normalized spacial score (nSPS) is 16.2. The van der Waals surface area contributed by atoms with Crippen LogP contribution in [0.4, 0.5) is 24.7 Å². The molecule has 3 heterocycles. The van der Waals surface area contributed by atoms with E-state index in [0.717, 1.165) is 6.08 Å². The zero-order chi connectivity index (χ0) is 21.7. The molecule has 3 N–H and O–H groups in total. The molecule has 10 heteroatoms. The van der Waals surface area contributed by atoms with E-state index in [9.17, 15) is 18.3 Å². The van der Waals surface area contributed by atoms with Gasteiger partial charge in [0.2, 0.25) is 0 Å². The molecule has 0 unspecified atom stereocenters. The molecule has 3 rings (SSSR count). The van der Waals surface area contributed by atoms with Crippen molar-refractivity contribution in [2.45, 2.75) is 39.0 Å². The van der Waals surface area contributed by atoms with Crippen molar-refractivity contribution in [3.8, 4) is 0 Å². The first-order valence-corrected chi connectivity index (χ1v) is 9.88. The largest absolute Gasteiger partial charge is 0.412 e. The number of allylic oxidation sites excluding steroid dienone is 4. The number of ether oxygens (including phenoxy) is 1. The lowest BCUT2D eigenvalue weighted by Gasteiger charge is -2.27. The van der Waals surface area contributed by atoms with Crippen molar-refractivity contribution >= 4 is 17.2 Å². The Morgan fingerprint density at radius 3 is 2.70 bits per heavy atom. The van der Waals surface area contributed by atoms with Crippen LogP contribution in [0.15, 0.2) is 29.9 Å². The second-order valence-electron chi connectivity index (χ2n) is 6.97. The van der Waals surface area contributed by atoms with Gasteiger partial charge in [-0.3, -0.25) is 0 Å². The molecule has 1 aliphatic rings. The van der Waals surface area contributed by atoms with Crippen LogP contribution in [0, 0.1) is 0 Å². The number of hydrogen-bond donors (Lipinski definition) is 2. The van der Waals surface area contributed by atoms with Crippen LogP contribution in [0.3, 0.4) is 0 Å². The molecule has 1 aliphatic heterocycles. The Hall–Kier alpha value is -2.59. The molecule has 0 aliphatic carbocycles. The Bertz CT molecular complexity index is 931. The first-order chi connectivity index (χ1) is 14.3. The van der Waals surface area contributed by atoms with Gasteiger partial charge in [-0.05, 0) is 19.3 Å². The number of nitrogens with two attached hydrogens (primary N) is 1. The number of nitrogens with zero attached hydrogens (tertiary/aromatic N) is 4. The third-order valence-electron chi connectivity index (χ3n) is 4.99. The maximum Gasteiger partial charge on any atom is 0.412 e. The number of imidazole rings is 1. The summed E-state index contributed by atoms with van der Waals surface area (Å²) in [6.45, 7) is 3.80. The molecular weight excluding hydrogens is 399 g/mol. The van der Waals surface area contributed by atoms with Gasteiger partial charge in [-0.15, -0.1) is 5.10 Å². The fraction of sp³-hybridized carbons (Fsp3) is 0.500. The Morgan fingerprint density at radius 1 is 1.33 bits per heavy atom. The minimum Gasteiger partial charge on any atom is -0.396 e. The van der Waals surface area contributed by atoms with Gasteiger partial charge in [0.05, 0.1) is 36.9 Å². The van der Waals surface area contributed by atoms with Gasteiger partial charge in [0.25, 0.3) is 0 Å². The molecular formula is C20H26F3N5O2. The van der Waals surface area contributed by atoms with E-state index in [2.05, 4.69) is 15.0 Å². The highest BCUT2D eigenvalue weighted by Crippen LogP contribution is 2.28. The zero-order valence-electron chi connectivity index (χ0n) is 16.8. The number of nitrogen functional groups attached to an aromatic ring is 1. The van der Waals surface area contributed by atoms with Crippen molar-refractivity contribution in [1.82, 2.24) is 14.6 Å². The molecule has 0 bridgehead atoms. The average Bonchev–Trinajstić information content (AvgIpc) is 3.08. The smallest absolute Gasteiger partial charge is 0.396 e. The summed E-state index contributed by atoms with van der Waals surface area (Å²) in [5.41, 5.74) is 7.66. The number of aliphatic hydroxyl groups excluding tert-OH is 1. The number of rotatable bonds is 7. The number of hydrogen-bond acceptors (Lipinski definition) is 6. The predicted molar refractivity (Wildman–Crippen MR) is 108 cm³/mol. The molecule has 2 aromatic heterocycles. The van der Waals surface area contributed by atoms with Crippen molar-refractivity contribution in [3.63, 3.8) is 0 Å². The number of aromatic nitrogens is 3. The fourth-order valence-corrected chi connectivity index (χ4v) is 3.36. The maximum absolute atomic E-state index is 12.8. The molecule has 7 nitrogen and oxygen atoms in total. The number of halogens is 3. The SMILES string of the molecule is CC/C(=C\C=C/CCc1c(CO)nc2c(N)cc(N3CCOCC3)nn12)C(F)(F)F. The Morgan fingerprint density at radius 2 is 2.07 bits per heavy atom. The second-order valence-corrected chi connectivity index (χ2v) is 6.97. The van der Waals surface area contributed by atoms with Crippen LogP contribution >= 0.6 is 0 Å². The van der Waals surface area contributed by atoms with Crippen molar-refractivity contribution < 1.29 is 23.0 Å². The van der Waals surface area contributed by atoms with E-state index in [0.29, 0.717) is 67.7 Å². The van der Waals surface area contributed by atoms with Gasteiger partial charge in [-0.25, -0.2) is 9.50 Å². The van der Waals surface area contributed by atoms with E-state index in [4.69, 9.17) is 10.5 Å². The first kappa shape index (κ1) is 22.1. The summed E-state index contributed by atoms with van der Waals surface area (Å²) in [6.07, 6.45) is 0.690. The van der Waals surface area contributed by atoms with Crippen molar-refractivity contribution in [3.05, 3.63) is 41.3 Å². The van der Waals surface area contributed by atoms with E-state index in [1.807, 2.05) is 0 Å². The van der Waals surface area contributed by atoms with Crippen LogP contribution in [-0.2, 0) is 17.8 Å². The van der Waals surface area contributed by atoms with Crippen molar-refractivity contribution in [1.29, 1.82) is 0 Å². The molecule has 0 aromatic carbocycles. The molecule has 2 aromatic rings. The summed E-state index contributed by atoms with van der Waals surface area (Å²) in [4.78, 5) is 6.45. The highest BCUT2D eigenvalue weighted by atomic mass is 19.4. The van der Waals surface area contributed by atoms with Crippen LogP contribution in [0.1, 0.15) is 31.2 Å². The first-order valence-electron chi connectivity index (χ1n) is 9.88. The van der Waals surface area contributed by atoms with E-state index in [-0.39, 0.29) is 13.0 Å². The summed E-state index contributed by atoms with van der Waals surface area (Å²) in [7, 11) is 0. The number of aliphatic hydroxyl groups is 1. The zero-order valence-corrected chi connectivity index (χ0v) is 16.8. The van der Waals surface area contributed by atoms with Gasteiger partial charge in [0.15, 0.2) is 11.5 Å². The van der Waals surface area contributed by atoms with Crippen LogP contribution in [-0.4, -0.2) is 52.2 Å². The van der Waals surface area contributed by atoms with Crippen LogP contribution in [0.25, 0.3) is 5.65 Å². The molecule has 0 saturated carbocycles. The van der Waals surface area contributed by atoms with Gasteiger partial charge in [0, 0.05) is 24.7 Å². The molecule has 0 atom stereocenters. The lowest BCUT2D eigenvalue weighted by atomic mass is 10.1. The van der Waals surface area contributed by atoms with Crippen LogP contribution in [0.2, 0.25) is 0 Å². The minimum atomic E-state index is -4.32. The number of fused-ring (bicyclic) bond motifs is 1. The summed E-state index contributed by atoms with van der Waals surface area (Å²) in [5.74, 6) is 0.697.